The van der Waals surface area contributed by atoms with Crippen molar-refractivity contribution < 1.29 is 0 Å². The Hall–Kier alpha value is -2.14. The second kappa shape index (κ2) is 8.49. The molecule has 1 unspecified atom stereocenters. The van der Waals surface area contributed by atoms with Crippen LogP contribution < -0.4 is 5.32 Å². The van der Waals surface area contributed by atoms with Crippen molar-refractivity contribution in [3.63, 3.8) is 0 Å². The number of hydrogen-bond acceptors (Lipinski definition) is 3. The molecule has 0 fully saturated rings. The maximum atomic E-state index is 6.61. The summed E-state index contributed by atoms with van der Waals surface area (Å²) in [5, 5.41) is 8.82. The summed E-state index contributed by atoms with van der Waals surface area (Å²) in [5.74, 6) is 0. The lowest BCUT2D eigenvalue weighted by Gasteiger charge is -2.25. The van der Waals surface area contributed by atoms with Gasteiger partial charge in [0.1, 0.15) is 5.15 Å². The lowest BCUT2D eigenvalue weighted by molar-refractivity contribution is 0.288. The van der Waals surface area contributed by atoms with Crippen LogP contribution in [0, 0.1) is 6.92 Å². The first kappa shape index (κ1) is 18.6. The van der Waals surface area contributed by atoms with Crippen molar-refractivity contribution in [1.29, 1.82) is 0 Å². The van der Waals surface area contributed by atoms with Gasteiger partial charge in [0.2, 0.25) is 0 Å². The molecule has 1 aromatic heterocycles. The number of rotatable bonds is 7. The van der Waals surface area contributed by atoms with Gasteiger partial charge in [-0.1, -0.05) is 60.1 Å². The van der Waals surface area contributed by atoms with Gasteiger partial charge >= 0.3 is 0 Å². The topological polar surface area (TPSA) is 33.1 Å². The number of halogens is 1. The molecule has 3 rings (SSSR count). The fraction of sp³-hybridized carbons (Fsp3) is 0.286. The Morgan fingerprint density at radius 3 is 2.27 bits per heavy atom. The highest BCUT2D eigenvalue weighted by Crippen LogP contribution is 2.24. The number of benzene rings is 2. The molecule has 0 saturated carbocycles. The lowest BCUT2D eigenvalue weighted by atomic mass is 10.1. The Kier molecular flexibility index (Phi) is 6.09. The second-order valence-corrected chi connectivity index (χ2v) is 6.98. The predicted octanol–water partition coefficient (Wildman–Crippen LogP) is 4.23. The van der Waals surface area contributed by atoms with E-state index in [1.807, 2.05) is 43.3 Å². The zero-order valence-electron chi connectivity index (χ0n) is 15.5. The van der Waals surface area contributed by atoms with Crippen LogP contribution in [0.2, 0.25) is 5.15 Å². The van der Waals surface area contributed by atoms with E-state index in [1.165, 1.54) is 5.56 Å². The molecule has 136 valence electrons. The number of hydrogen-bond donors (Lipinski definition) is 1. The Morgan fingerprint density at radius 2 is 1.65 bits per heavy atom. The Morgan fingerprint density at radius 1 is 1.04 bits per heavy atom. The molecule has 0 spiro atoms. The summed E-state index contributed by atoms with van der Waals surface area (Å²) in [5.41, 5.74) is 4.27. The molecule has 0 aliphatic rings. The van der Waals surface area contributed by atoms with Gasteiger partial charge in [-0.3, -0.25) is 0 Å². The summed E-state index contributed by atoms with van der Waals surface area (Å²) < 4.78 is 1.80. The summed E-state index contributed by atoms with van der Waals surface area (Å²) >= 11 is 6.61. The van der Waals surface area contributed by atoms with E-state index < -0.39 is 0 Å². The van der Waals surface area contributed by atoms with E-state index >= 15 is 0 Å². The molecule has 3 aromatic rings. The number of nitrogens with one attached hydrogen (secondary N) is 1. The first-order valence-corrected chi connectivity index (χ1v) is 9.17. The van der Waals surface area contributed by atoms with Crippen molar-refractivity contribution >= 4 is 11.6 Å². The van der Waals surface area contributed by atoms with Gasteiger partial charge in [0.05, 0.1) is 11.4 Å². The van der Waals surface area contributed by atoms with Crippen LogP contribution in [-0.2, 0) is 6.54 Å². The molecule has 1 heterocycles. The molecule has 4 nitrogen and oxygen atoms in total. The molecule has 0 saturated heterocycles. The van der Waals surface area contributed by atoms with Crippen molar-refractivity contribution in [2.24, 2.45) is 0 Å². The highest BCUT2D eigenvalue weighted by molar-refractivity contribution is 6.30. The average molecular weight is 369 g/mol. The minimum Gasteiger partial charge on any atom is -0.311 e. The van der Waals surface area contributed by atoms with E-state index in [0.29, 0.717) is 17.7 Å². The molecular formula is C21H25ClN4. The van der Waals surface area contributed by atoms with Gasteiger partial charge in [-0.15, -0.1) is 0 Å². The molecule has 0 amide bonds. The van der Waals surface area contributed by atoms with Gasteiger partial charge in [0.15, 0.2) is 0 Å². The molecule has 1 N–H and O–H groups in total. The van der Waals surface area contributed by atoms with Gasteiger partial charge in [-0.25, -0.2) is 4.68 Å². The summed E-state index contributed by atoms with van der Waals surface area (Å²) in [6.45, 7) is 3.53. The summed E-state index contributed by atoms with van der Waals surface area (Å²) in [7, 11) is 4.20. The maximum absolute atomic E-state index is 6.61. The highest BCUT2D eigenvalue weighted by atomic mass is 35.5. The molecule has 26 heavy (non-hydrogen) atoms. The molecule has 2 aromatic carbocycles. The normalized spacial score (nSPS) is 12.5. The van der Waals surface area contributed by atoms with Crippen LogP contribution in [0.25, 0.3) is 5.69 Å². The van der Waals surface area contributed by atoms with E-state index in [4.69, 9.17) is 11.6 Å². The zero-order chi connectivity index (χ0) is 18.5. The van der Waals surface area contributed by atoms with Crippen molar-refractivity contribution in [2.45, 2.75) is 19.5 Å². The molecular weight excluding hydrogens is 344 g/mol. The Bertz CT molecular complexity index is 828. The largest absolute Gasteiger partial charge is 0.311 e. The van der Waals surface area contributed by atoms with Crippen molar-refractivity contribution in [2.75, 3.05) is 20.6 Å². The third kappa shape index (κ3) is 4.15. The molecule has 0 radical (unpaired) electrons. The summed E-state index contributed by atoms with van der Waals surface area (Å²) in [4.78, 5) is 2.23. The predicted molar refractivity (Wildman–Crippen MR) is 108 cm³/mol. The summed E-state index contributed by atoms with van der Waals surface area (Å²) in [6.07, 6.45) is 0. The molecule has 0 aliphatic carbocycles. The van der Waals surface area contributed by atoms with Crippen LogP contribution in [-0.4, -0.2) is 35.3 Å². The van der Waals surface area contributed by atoms with Gasteiger partial charge in [-0.2, -0.15) is 5.10 Å². The second-order valence-electron chi connectivity index (χ2n) is 6.62. The minimum atomic E-state index is 0.305. The highest BCUT2D eigenvalue weighted by Gasteiger charge is 2.17. The first-order chi connectivity index (χ1) is 12.6. The van der Waals surface area contributed by atoms with Crippen LogP contribution in [0.5, 0.6) is 0 Å². The van der Waals surface area contributed by atoms with E-state index in [0.717, 1.165) is 23.5 Å². The maximum Gasteiger partial charge on any atom is 0.137 e. The molecule has 5 heteroatoms. The monoisotopic (exact) mass is 368 g/mol. The van der Waals surface area contributed by atoms with Crippen molar-refractivity contribution in [1.82, 2.24) is 20.0 Å². The molecule has 0 bridgehead atoms. The van der Waals surface area contributed by atoms with E-state index in [2.05, 4.69) is 53.7 Å². The standard InChI is InChI=1S/C21H25ClN4/c1-16-19(21(22)26(24-16)18-12-8-5-9-13-18)14-23-15-20(25(2)3)17-10-6-4-7-11-17/h4-13,20,23H,14-15H2,1-3H3. The van der Waals surface area contributed by atoms with Crippen molar-refractivity contribution in [3.05, 3.63) is 82.6 Å². The first-order valence-electron chi connectivity index (χ1n) is 8.79. The molecule has 1 atom stereocenters. The average Bonchev–Trinajstić information content (AvgIpc) is 2.94. The number of aromatic nitrogens is 2. The van der Waals surface area contributed by atoms with Crippen molar-refractivity contribution in [3.8, 4) is 5.69 Å². The van der Waals surface area contributed by atoms with Crippen LogP contribution in [0.4, 0.5) is 0 Å². The van der Waals surface area contributed by atoms with Crippen LogP contribution in [0.3, 0.4) is 0 Å². The SMILES string of the molecule is Cc1nn(-c2ccccc2)c(Cl)c1CNCC(c1ccccc1)N(C)C. The summed E-state index contributed by atoms with van der Waals surface area (Å²) in [6, 6.07) is 20.8. The number of para-hydroxylation sites is 1. The number of nitrogens with zero attached hydrogens (tertiary/aromatic N) is 3. The number of likely N-dealkylation sites (N-methyl/N-ethyl adjacent to an activating group) is 1. The van der Waals surface area contributed by atoms with Crippen LogP contribution in [0.15, 0.2) is 60.7 Å². The van der Waals surface area contributed by atoms with Crippen LogP contribution in [0.1, 0.15) is 22.9 Å². The van der Waals surface area contributed by atoms with Gasteiger partial charge in [0, 0.05) is 24.7 Å². The quantitative estimate of drug-likeness (QED) is 0.677. The Balaban J connectivity index is 1.71. The van der Waals surface area contributed by atoms with E-state index in [9.17, 15) is 0 Å². The fourth-order valence-electron chi connectivity index (χ4n) is 3.08. The minimum absolute atomic E-state index is 0.305. The third-order valence-corrected chi connectivity index (χ3v) is 4.96. The van der Waals surface area contributed by atoms with E-state index in [-0.39, 0.29) is 0 Å². The lowest BCUT2D eigenvalue weighted by Crippen LogP contribution is -2.30. The van der Waals surface area contributed by atoms with Gasteiger partial charge < -0.3 is 10.2 Å². The Labute approximate surface area is 160 Å². The molecule has 0 aliphatic heterocycles. The van der Waals surface area contributed by atoms with E-state index in [1.54, 1.807) is 4.68 Å². The smallest absolute Gasteiger partial charge is 0.137 e. The van der Waals surface area contributed by atoms with Gasteiger partial charge in [0.25, 0.3) is 0 Å². The number of aryl methyl sites for hydroxylation is 1. The van der Waals surface area contributed by atoms with Gasteiger partial charge in [-0.05, 0) is 38.7 Å². The zero-order valence-corrected chi connectivity index (χ0v) is 16.2. The fourth-order valence-corrected chi connectivity index (χ4v) is 3.42. The third-order valence-electron chi connectivity index (χ3n) is 4.57. The van der Waals surface area contributed by atoms with Crippen LogP contribution >= 0.6 is 11.6 Å².